The van der Waals surface area contributed by atoms with E-state index in [0.717, 1.165) is 54.9 Å². The first-order chi connectivity index (χ1) is 17.6. The summed E-state index contributed by atoms with van der Waals surface area (Å²) in [7, 11) is 1.64. The van der Waals surface area contributed by atoms with Crippen LogP contribution in [0.25, 0.3) is 0 Å². The van der Waals surface area contributed by atoms with Crippen LogP contribution in [0, 0.1) is 11.7 Å². The van der Waals surface area contributed by atoms with Crippen LogP contribution in [0.3, 0.4) is 0 Å². The summed E-state index contributed by atoms with van der Waals surface area (Å²) < 4.78 is 18.9. The Morgan fingerprint density at radius 1 is 0.972 bits per heavy atom. The number of hydrogen-bond donors (Lipinski definition) is 0. The lowest BCUT2D eigenvalue weighted by molar-refractivity contribution is -0.134. The monoisotopic (exact) mass is 485 g/mol. The van der Waals surface area contributed by atoms with E-state index in [1.807, 2.05) is 24.3 Å². The standard InChI is InChI=1S/C30H32FN3O2/c1-36-27-13-9-24(10-14-27)28-20-29(25-7-11-26(31)12-8-25)34(32-28)30(35)21-33-17-15-23(16-18-33)19-22-5-3-2-4-6-22/h2-14,23,29H,15-21H2,1H3/t29-/m0/s1. The van der Waals surface area contributed by atoms with Crippen LogP contribution < -0.4 is 4.74 Å². The molecule has 186 valence electrons. The van der Waals surface area contributed by atoms with Gasteiger partial charge in [0, 0.05) is 6.42 Å². The van der Waals surface area contributed by atoms with Gasteiger partial charge in [-0.3, -0.25) is 9.69 Å². The van der Waals surface area contributed by atoms with E-state index in [1.54, 1.807) is 24.3 Å². The Bertz CT molecular complexity index is 1190. The number of halogens is 1. The van der Waals surface area contributed by atoms with Crippen LogP contribution in [0.15, 0.2) is 84.0 Å². The molecule has 0 N–H and O–H groups in total. The molecule has 5 rings (SSSR count). The summed E-state index contributed by atoms with van der Waals surface area (Å²) >= 11 is 0. The topological polar surface area (TPSA) is 45.1 Å². The van der Waals surface area contributed by atoms with Crippen LogP contribution in [-0.2, 0) is 11.2 Å². The van der Waals surface area contributed by atoms with Gasteiger partial charge < -0.3 is 4.74 Å². The number of likely N-dealkylation sites (tertiary alicyclic amines) is 1. The van der Waals surface area contributed by atoms with E-state index in [-0.39, 0.29) is 17.8 Å². The molecule has 5 nitrogen and oxygen atoms in total. The molecule has 2 heterocycles. The molecular formula is C30H32FN3O2. The number of nitrogens with zero attached hydrogens (tertiary/aromatic N) is 3. The number of rotatable bonds is 7. The van der Waals surface area contributed by atoms with E-state index in [2.05, 4.69) is 35.2 Å². The number of carbonyl (C=O) groups is 1. The minimum absolute atomic E-state index is 0.0191. The van der Waals surface area contributed by atoms with E-state index < -0.39 is 0 Å². The van der Waals surface area contributed by atoms with Crippen molar-refractivity contribution in [3.63, 3.8) is 0 Å². The van der Waals surface area contributed by atoms with Gasteiger partial charge in [-0.25, -0.2) is 9.40 Å². The van der Waals surface area contributed by atoms with Gasteiger partial charge in [-0.05, 0) is 91.4 Å². The summed E-state index contributed by atoms with van der Waals surface area (Å²) in [5.41, 5.74) is 4.08. The fourth-order valence-electron chi connectivity index (χ4n) is 5.20. The summed E-state index contributed by atoms with van der Waals surface area (Å²) in [4.78, 5) is 15.7. The molecule has 6 heteroatoms. The van der Waals surface area contributed by atoms with Crippen molar-refractivity contribution in [2.45, 2.75) is 31.7 Å². The Morgan fingerprint density at radius 2 is 1.67 bits per heavy atom. The van der Waals surface area contributed by atoms with E-state index in [4.69, 9.17) is 9.84 Å². The smallest absolute Gasteiger partial charge is 0.257 e. The minimum atomic E-state index is -0.288. The van der Waals surface area contributed by atoms with E-state index >= 15 is 0 Å². The highest BCUT2D eigenvalue weighted by atomic mass is 19.1. The third-order valence-corrected chi connectivity index (χ3v) is 7.28. The molecule has 2 aliphatic rings. The van der Waals surface area contributed by atoms with Crippen molar-refractivity contribution < 1.29 is 13.9 Å². The Labute approximate surface area is 212 Å². The molecule has 1 atom stereocenters. The zero-order chi connectivity index (χ0) is 24.9. The van der Waals surface area contributed by atoms with Crippen molar-refractivity contribution in [3.8, 4) is 5.75 Å². The molecule has 3 aromatic carbocycles. The number of amides is 1. The summed E-state index contributed by atoms with van der Waals surface area (Å²) in [6, 6.07) is 24.5. The lowest BCUT2D eigenvalue weighted by atomic mass is 9.90. The second kappa shape index (κ2) is 11.0. The fourth-order valence-corrected chi connectivity index (χ4v) is 5.20. The van der Waals surface area contributed by atoms with Crippen LogP contribution in [0.5, 0.6) is 5.75 Å². The fraction of sp³-hybridized carbons (Fsp3) is 0.333. The third kappa shape index (κ3) is 5.65. The van der Waals surface area contributed by atoms with Crippen LogP contribution in [0.4, 0.5) is 4.39 Å². The predicted octanol–water partition coefficient (Wildman–Crippen LogP) is 5.47. The molecule has 0 spiro atoms. The summed E-state index contributed by atoms with van der Waals surface area (Å²) in [5, 5.41) is 6.38. The first kappa shape index (κ1) is 24.2. The SMILES string of the molecule is COc1ccc(C2=NN(C(=O)CN3CCC(Cc4ccccc4)CC3)[C@H](c3ccc(F)cc3)C2)cc1. The maximum absolute atomic E-state index is 13.6. The molecule has 0 radical (unpaired) electrons. The molecule has 1 amide bonds. The largest absolute Gasteiger partial charge is 0.497 e. The van der Waals surface area contributed by atoms with Gasteiger partial charge in [0.1, 0.15) is 11.6 Å². The third-order valence-electron chi connectivity index (χ3n) is 7.28. The van der Waals surface area contributed by atoms with Crippen molar-refractivity contribution >= 4 is 11.6 Å². The molecule has 36 heavy (non-hydrogen) atoms. The highest BCUT2D eigenvalue weighted by Crippen LogP contribution is 2.33. The Morgan fingerprint density at radius 3 is 2.33 bits per heavy atom. The summed E-state index contributed by atoms with van der Waals surface area (Å²) in [6.07, 6.45) is 3.85. The van der Waals surface area contributed by atoms with E-state index in [9.17, 15) is 9.18 Å². The van der Waals surface area contributed by atoms with Gasteiger partial charge in [0.2, 0.25) is 0 Å². The first-order valence-electron chi connectivity index (χ1n) is 12.6. The normalized spacial score (nSPS) is 18.8. The predicted molar refractivity (Wildman–Crippen MR) is 139 cm³/mol. The lowest BCUT2D eigenvalue weighted by Crippen LogP contribution is -2.42. The number of methoxy groups -OCH3 is 1. The molecule has 0 aliphatic carbocycles. The van der Waals surface area contributed by atoms with Gasteiger partial charge in [0.25, 0.3) is 5.91 Å². The molecule has 3 aromatic rings. The molecule has 1 fully saturated rings. The molecule has 1 saturated heterocycles. The average Bonchev–Trinajstić information content (AvgIpc) is 3.37. The number of benzene rings is 3. The molecular weight excluding hydrogens is 453 g/mol. The minimum Gasteiger partial charge on any atom is -0.497 e. The molecule has 2 aliphatic heterocycles. The highest BCUT2D eigenvalue weighted by Gasteiger charge is 2.34. The number of hydrogen-bond acceptors (Lipinski definition) is 4. The quantitative estimate of drug-likeness (QED) is 0.446. The van der Waals surface area contributed by atoms with Gasteiger partial charge in [-0.2, -0.15) is 5.10 Å². The summed E-state index contributed by atoms with van der Waals surface area (Å²) in [6.45, 7) is 2.16. The average molecular weight is 486 g/mol. The van der Waals surface area contributed by atoms with E-state index in [1.165, 1.54) is 17.7 Å². The van der Waals surface area contributed by atoms with Gasteiger partial charge >= 0.3 is 0 Å². The maximum Gasteiger partial charge on any atom is 0.257 e. The highest BCUT2D eigenvalue weighted by molar-refractivity contribution is 6.03. The summed E-state index contributed by atoms with van der Waals surface area (Å²) in [5.74, 6) is 1.12. The maximum atomic E-state index is 13.6. The second-order valence-electron chi connectivity index (χ2n) is 9.69. The number of piperidine rings is 1. The van der Waals surface area contributed by atoms with Crippen molar-refractivity contribution in [1.82, 2.24) is 9.91 Å². The Balaban J connectivity index is 1.27. The van der Waals surface area contributed by atoms with Crippen molar-refractivity contribution in [2.24, 2.45) is 11.0 Å². The second-order valence-corrected chi connectivity index (χ2v) is 9.69. The van der Waals surface area contributed by atoms with Crippen molar-refractivity contribution in [2.75, 3.05) is 26.7 Å². The van der Waals surface area contributed by atoms with Crippen LogP contribution >= 0.6 is 0 Å². The lowest BCUT2D eigenvalue weighted by Gasteiger charge is -2.33. The van der Waals surface area contributed by atoms with E-state index in [0.29, 0.717) is 18.9 Å². The van der Waals surface area contributed by atoms with Gasteiger partial charge in [-0.15, -0.1) is 0 Å². The first-order valence-corrected chi connectivity index (χ1v) is 12.6. The van der Waals surface area contributed by atoms with Gasteiger partial charge in [0.05, 0.1) is 25.4 Å². The molecule has 0 bridgehead atoms. The van der Waals surface area contributed by atoms with Gasteiger partial charge in [-0.1, -0.05) is 42.5 Å². The molecule has 0 unspecified atom stereocenters. The number of hydrazone groups is 1. The molecule has 0 aromatic heterocycles. The Hall–Kier alpha value is -3.51. The van der Waals surface area contributed by atoms with Crippen LogP contribution in [-0.4, -0.2) is 48.3 Å². The van der Waals surface area contributed by atoms with Crippen molar-refractivity contribution in [1.29, 1.82) is 0 Å². The van der Waals surface area contributed by atoms with Crippen LogP contribution in [0.1, 0.15) is 42.0 Å². The zero-order valence-electron chi connectivity index (χ0n) is 20.6. The van der Waals surface area contributed by atoms with Gasteiger partial charge in [0.15, 0.2) is 0 Å². The zero-order valence-corrected chi connectivity index (χ0v) is 20.6. The van der Waals surface area contributed by atoms with Crippen LogP contribution in [0.2, 0.25) is 0 Å². The Kier molecular flexibility index (Phi) is 7.42. The number of carbonyl (C=O) groups excluding carboxylic acids is 1. The van der Waals surface area contributed by atoms with Crippen molar-refractivity contribution in [3.05, 3.63) is 101 Å². The number of ether oxygens (including phenoxy) is 1. The molecule has 0 saturated carbocycles.